The van der Waals surface area contributed by atoms with Crippen molar-refractivity contribution >= 4 is 15.5 Å². The lowest BCUT2D eigenvalue weighted by Crippen LogP contribution is -2.29. The molecule has 0 saturated heterocycles. The van der Waals surface area contributed by atoms with Gasteiger partial charge in [-0.05, 0) is 38.1 Å². The number of hydrogen-bond acceptors (Lipinski definition) is 4. The molecule has 0 aliphatic heterocycles. The van der Waals surface area contributed by atoms with E-state index in [1.54, 1.807) is 38.1 Å². The van der Waals surface area contributed by atoms with Crippen molar-refractivity contribution in [3.8, 4) is 0 Å². The summed E-state index contributed by atoms with van der Waals surface area (Å²) in [5.41, 5.74) is -0.00953. The maximum absolute atomic E-state index is 11.2. The zero-order chi connectivity index (χ0) is 12.4. The van der Waals surface area contributed by atoms with Crippen LogP contribution in [0.3, 0.4) is 0 Å². The van der Waals surface area contributed by atoms with E-state index in [-0.39, 0.29) is 0 Å². The van der Waals surface area contributed by atoms with E-state index in [0.29, 0.717) is 11.4 Å². The van der Waals surface area contributed by atoms with Crippen LogP contribution in [0.2, 0.25) is 0 Å². The van der Waals surface area contributed by atoms with Crippen molar-refractivity contribution in [3.63, 3.8) is 0 Å². The fourth-order valence-electron chi connectivity index (χ4n) is 1.14. The third-order valence-corrected chi connectivity index (χ3v) is 3.14. The maximum Gasteiger partial charge on any atom is 0.175 e. The minimum absolute atomic E-state index is 0.293. The van der Waals surface area contributed by atoms with E-state index >= 15 is 0 Å². The zero-order valence-electron chi connectivity index (χ0n) is 9.69. The van der Waals surface area contributed by atoms with Crippen LogP contribution in [-0.4, -0.2) is 31.9 Å². The first kappa shape index (κ1) is 13.0. The van der Waals surface area contributed by atoms with Crippen molar-refractivity contribution in [2.45, 2.75) is 24.3 Å². The largest absolute Gasteiger partial charge is 0.389 e. The summed E-state index contributed by atoms with van der Waals surface area (Å²) in [6, 6.07) is 6.45. The highest BCUT2D eigenvalue weighted by molar-refractivity contribution is 7.90. The summed E-state index contributed by atoms with van der Waals surface area (Å²) in [6.07, 6.45) is 1.17. The Morgan fingerprint density at radius 3 is 2.12 bits per heavy atom. The molecule has 0 bridgehead atoms. The third-order valence-electron chi connectivity index (χ3n) is 2.01. The Balaban J connectivity index is 2.73. The van der Waals surface area contributed by atoms with Gasteiger partial charge in [-0.15, -0.1) is 0 Å². The Morgan fingerprint density at radius 1 is 1.25 bits per heavy atom. The normalized spacial score (nSPS) is 12.5. The van der Waals surface area contributed by atoms with Crippen LogP contribution < -0.4 is 5.32 Å². The molecule has 0 spiro atoms. The Hall–Kier alpha value is -1.07. The smallest absolute Gasteiger partial charge is 0.175 e. The van der Waals surface area contributed by atoms with Gasteiger partial charge in [0.05, 0.1) is 10.5 Å². The lowest BCUT2D eigenvalue weighted by Gasteiger charge is -2.18. The van der Waals surface area contributed by atoms with E-state index in [0.717, 1.165) is 5.69 Å². The van der Waals surface area contributed by atoms with Gasteiger partial charge >= 0.3 is 0 Å². The third kappa shape index (κ3) is 4.20. The number of benzene rings is 1. The zero-order valence-corrected chi connectivity index (χ0v) is 10.5. The Morgan fingerprint density at radius 2 is 1.75 bits per heavy atom. The molecule has 16 heavy (non-hydrogen) atoms. The standard InChI is InChI=1S/C11H17NO3S/c1-11(2,13)8-12-9-4-6-10(7-5-9)16(3,14)15/h4-7,12-13H,8H2,1-3H3. The van der Waals surface area contributed by atoms with Gasteiger partial charge in [-0.1, -0.05) is 0 Å². The number of rotatable bonds is 4. The SMILES string of the molecule is CC(C)(O)CNc1ccc(S(C)(=O)=O)cc1. The van der Waals surface area contributed by atoms with Crippen molar-refractivity contribution in [1.29, 1.82) is 0 Å². The summed E-state index contributed by atoms with van der Waals surface area (Å²) in [4.78, 5) is 0.293. The Kier molecular flexibility index (Phi) is 3.60. The van der Waals surface area contributed by atoms with Crippen LogP contribution in [0.1, 0.15) is 13.8 Å². The molecular weight excluding hydrogens is 226 g/mol. The van der Waals surface area contributed by atoms with E-state index in [4.69, 9.17) is 0 Å². The molecule has 90 valence electrons. The fourth-order valence-corrected chi connectivity index (χ4v) is 1.77. The van der Waals surface area contributed by atoms with Gasteiger partial charge in [-0.2, -0.15) is 0 Å². The predicted octanol–water partition coefficient (Wildman–Crippen LogP) is 1.27. The molecule has 0 radical (unpaired) electrons. The van der Waals surface area contributed by atoms with Crippen molar-refractivity contribution < 1.29 is 13.5 Å². The molecule has 0 unspecified atom stereocenters. The van der Waals surface area contributed by atoms with Crippen LogP contribution in [0.4, 0.5) is 5.69 Å². The Bertz CT molecular complexity index is 443. The van der Waals surface area contributed by atoms with Crippen molar-refractivity contribution in [1.82, 2.24) is 0 Å². The molecule has 1 rings (SSSR count). The van der Waals surface area contributed by atoms with Crippen LogP contribution in [0.25, 0.3) is 0 Å². The first-order valence-electron chi connectivity index (χ1n) is 4.95. The van der Waals surface area contributed by atoms with Gasteiger partial charge in [0.1, 0.15) is 0 Å². The van der Waals surface area contributed by atoms with Crippen LogP contribution in [0, 0.1) is 0 Å². The second kappa shape index (κ2) is 4.43. The first-order valence-corrected chi connectivity index (χ1v) is 6.84. The molecule has 0 fully saturated rings. The predicted molar refractivity (Wildman–Crippen MR) is 64.3 cm³/mol. The van der Waals surface area contributed by atoms with Crippen LogP contribution in [-0.2, 0) is 9.84 Å². The van der Waals surface area contributed by atoms with E-state index in [9.17, 15) is 13.5 Å². The highest BCUT2D eigenvalue weighted by Crippen LogP contribution is 2.14. The molecule has 1 aromatic carbocycles. The summed E-state index contributed by atoms with van der Waals surface area (Å²) in [6.45, 7) is 3.81. The molecule has 0 amide bonds. The van der Waals surface area contributed by atoms with Gasteiger partial charge in [0.25, 0.3) is 0 Å². The average molecular weight is 243 g/mol. The van der Waals surface area contributed by atoms with Gasteiger partial charge in [0.15, 0.2) is 9.84 Å². The average Bonchev–Trinajstić information content (AvgIpc) is 2.13. The lowest BCUT2D eigenvalue weighted by molar-refractivity contribution is 0.0945. The second-order valence-corrected chi connectivity index (χ2v) is 6.48. The van der Waals surface area contributed by atoms with Crippen molar-refractivity contribution in [2.24, 2.45) is 0 Å². The van der Waals surface area contributed by atoms with E-state index < -0.39 is 15.4 Å². The summed E-state index contributed by atoms with van der Waals surface area (Å²) in [5.74, 6) is 0. The molecule has 4 nitrogen and oxygen atoms in total. The molecule has 0 atom stereocenters. The van der Waals surface area contributed by atoms with Crippen molar-refractivity contribution in [2.75, 3.05) is 18.1 Å². The molecule has 0 saturated carbocycles. The topological polar surface area (TPSA) is 66.4 Å². The highest BCUT2D eigenvalue weighted by atomic mass is 32.2. The molecular formula is C11H17NO3S. The maximum atomic E-state index is 11.2. The number of anilines is 1. The molecule has 5 heteroatoms. The van der Waals surface area contributed by atoms with E-state index in [1.807, 2.05) is 0 Å². The lowest BCUT2D eigenvalue weighted by atomic mass is 10.1. The number of hydrogen-bond donors (Lipinski definition) is 2. The Labute approximate surface area is 96.2 Å². The number of aliphatic hydroxyl groups is 1. The summed E-state index contributed by atoms with van der Waals surface area (Å²) < 4.78 is 22.4. The van der Waals surface area contributed by atoms with Gasteiger partial charge in [-0.3, -0.25) is 0 Å². The molecule has 0 aromatic heterocycles. The molecule has 2 N–H and O–H groups in total. The molecule has 1 aromatic rings. The number of sulfone groups is 1. The first-order chi connectivity index (χ1) is 7.18. The monoisotopic (exact) mass is 243 g/mol. The molecule has 0 aliphatic rings. The second-order valence-electron chi connectivity index (χ2n) is 4.46. The van der Waals surface area contributed by atoms with E-state index in [2.05, 4.69) is 5.32 Å². The molecule has 0 heterocycles. The van der Waals surface area contributed by atoms with Gasteiger partial charge in [0, 0.05) is 18.5 Å². The quantitative estimate of drug-likeness (QED) is 0.836. The van der Waals surface area contributed by atoms with Gasteiger partial charge < -0.3 is 10.4 Å². The fraction of sp³-hybridized carbons (Fsp3) is 0.455. The minimum Gasteiger partial charge on any atom is -0.389 e. The minimum atomic E-state index is -3.14. The van der Waals surface area contributed by atoms with Crippen LogP contribution in [0.15, 0.2) is 29.2 Å². The van der Waals surface area contributed by atoms with Gasteiger partial charge in [0.2, 0.25) is 0 Å². The molecule has 0 aliphatic carbocycles. The van der Waals surface area contributed by atoms with Crippen LogP contribution in [0.5, 0.6) is 0 Å². The van der Waals surface area contributed by atoms with Crippen molar-refractivity contribution in [3.05, 3.63) is 24.3 Å². The van der Waals surface area contributed by atoms with Gasteiger partial charge in [-0.25, -0.2) is 8.42 Å². The highest BCUT2D eigenvalue weighted by Gasteiger charge is 2.12. The summed E-state index contributed by atoms with van der Waals surface area (Å²) in [5, 5.41) is 12.5. The van der Waals surface area contributed by atoms with E-state index in [1.165, 1.54) is 6.26 Å². The van der Waals surface area contributed by atoms with Crippen LogP contribution >= 0.6 is 0 Å². The summed E-state index contributed by atoms with van der Waals surface area (Å²) >= 11 is 0. The summed E-state index contributed by atoms with van der Waals surface area (Å²) in [7, 11) is -3.14. The number of nitrogens with one attached hydrogen (secondary N) is 1.